The molecule has 0 bridgehead atoms. The maximum absolute atomic E-state index is 12.7. The molecule has 2 aromatic rings. The number of aryl methyl sites for hydroxylation is 1. The summed E-state index contributed by atoms with van der Waals surface area (Å²) in [7, 11) is 0. The highest BCUT2D eigenvalue weighted by molar-refractivity contribution is 6.07. The molecule has 172 valence electrons. The number of nitrogens with zero attached hydrogens (tertiary/aromatic N) is 3. The lowest BCUT2D eigenvalue weighted by molar-refractivity contribution is -0.274. The molecule has 2 aromatic carbocycles. The van der Waals surface area contributed by atoms with Crippen molar-refractivity contribution in [2.24, 2.45) is 0 Å². The fraction of sp³-hybridized carbons (Fsp3) is 0.391. The van der Waals surface area contributed by atoms with E-state index in [-0.39, 0.29) is 24.1 Å². The minimum absolute atomic E-state index is 0.0555. The Hall–Kier alpha value is -3.07. The highest BCUT2D eigenvalue weighted by atomic mass is 19.4. The van der Waals surface area contributed by atoms with E-state index < -0.39 is 6.36 Å². The third-order valence-corrected chi connectivity index (χ3v) is 5.53. The smallest absolute Gasteiger partial charge is 0.406 e. The van der Waals surface area contributed by atoms with Crippen molar-refractivity contribution in [2.75, 3.05) is 36.0 Å². The monoisotopic (exact) mass is 449 g/mol. The number of imide groups is 1. The number of rotatable bonds is 7. The maximum Gasteiger partial charge on any atom is 0.573 e. The van der Waals surface area contributed by atoms with Crippen molar-refractivity contribution in [3.05, 3.63) is 54.1 Å². The first-order valence-electron chi connectivity index (χ1n) is 10.3. The second-order valence-electron chi connectivity index (χ2n) is 7.82. The minimum atomic E-state index is -4.71. The lowest BCUT2D eigenvalue weighted by atomic mass is 10.1. The predicted octanol–water partition coefficient (Wildman–Crippen LogP) is 3.98. The zero-order valence-electron chi connectivity index (χ0n) is 18.0. The SMILES string of the molecule is Cc1ccc(N(C=O)C(=O)CC(C)N2CCN(c3ccc(OC(F)(F)F)cc3)CC2)cc1. The van der Waals surface area contributed by atoms with E-state index in [0.29, 0.717) is 38.3 Å². The molecule has 1 fully saturated rings. The average Bonchev–Trinajstić information content (AvgIpc) is 2.75. The summed E-state index contributed by atoms with van der Waals surface area (Å²) in [5.41, 5.74) is 2.40. The first-order chi connectivity index (χ1) is 15.2. The molecule has 32 heavy (non-hydrogen) atoms. The van der Waals surface area contributed by atoms with Gasteiger partial charge in [0.15, 0.2) is 0 Å². The van der Waals surface area contributed by atoms with Gasteiger partial charge in [-0.05, 0) is 50.2 Å². The van der Waals surface area contributed by atoms with Crippen molar-refractivity contribution < 1.29 is 27.5 Å². The van der Waals surface area contributed by atoms with E-state index in [9.17, 15) is 22.8 Å². The summed E-state index contributed by atoms with van der Waals surface area (Å²) in [5.74, 6) is -0.514. The van der Waals surface area contributed by atoms with E-state index in [2.05, 4.69) is 14.5 Å². The first-order valence-corrected chi connectivity index (χ1v) is 10.3. The molecule has 0 radical (unpaired) electrons. The van der Waals surface area contributed by atoms with Crippen LogP contribution in [-0.4, -0.2) is 55.8 Å². The van der Waals surface area contributed by atoms with Crippen molar-refractivity contribution in [3.8, 4) is 5.75 Å². The van der Waals surface area contributed by atoms with Gasteiger partial charge in [0.2, 0.25) is 12.3 Å². The summed E-state index contributed by atoms with van der Waals surface area (Å²) in [6.45, 7) is 6.63. The summed E-state index contributed by atoms with van der Waals surface area (Å²) in [6.07, 6.45) is -3.96. The summed E-state index contributed by atoms with van der Waals surface area (Å²) in [6, 6.07) is 12.9. The van der Waals surface area contributed by atoms with Crippen molar-refractivity contribution >= 4 is 23.7 Å². The molecule has 0 aromatic heterocycles. The van der Waals surface area contributed by atoms with E-state index in [1.165, 1.54) is 12.1 Å². The number of carbonyl (C=O) groups is 2. The predicted molar refractivity (Wildman–Crippen MR) is 116 cm³/mol. The van der Waals surface area contributed by atoms with Gasteiger partial charge in [0.1, 0.15) is 5.75 Å². The number of piperazine rings is 1. The second-order valence-corrected chi connectivity index (χ2v) is 7.82. The first kappa shape index (κ1) is 23.6. The Morgan fingerprint density at radius 2 is 1.66 bits per heavy atom. The highest BCUT2D eigenvalue weighted by Crippen LogP contribution is 2.26. The Bertz CT molecular complexity index is 909. The van der Waals surface area contributed by atoms with E-state index in [4.69, 9.17) is 0 Å². The van der Waals surface area contributed by atoms with Crippen molar-refractivity contribution in [3.63, 3.8) is 0 Å². The summed E-state index contributed by atoms with van der Waals surface area (Å²) < 4.78 is 40.8. The topological polar surface area (TPSA) is 53.1 Å². The van der Waals surface area contributed by atoms with Crippen LogP contribution in [0.5, 0.6) is 5.75 Å². The third-order valence-electron chi connectivity index (χ3n) is 5.53. The fourth-order valence-corrected chi connectivity index (χ4v) is 3.73. The van der Waals surface area contributed by atoms with Gasteiger partial charge in [-0.3, -0.25) is 19.4 Å². The molecular weight excluding hydrogens is 423 g/mol. The number of halogens is 3. The molecule has 1 unspecified atom stereocenters. The van der Waals surface area contributed by atoms with Crippen LogP contribution in [0.15, 0.2) is 48.5 Å². The molecule has 3 rings (SSSR count). The number of alkyl halides is 3. The molecule has 0 spiro atoms. The van der Waals surface area contributed by atoms with Crippen LogP contribution >= 0.6 is 0 Å². The van der Waals surface area contributed by atoms with Crippen molar-refractivity contribution in [2.45, 2.75) is 32.7 Å². The summed E-state index contributed by atoms with van der Waals surface area (Å²) in [5, 5.41) is 0. The average molecular weight is 449 g/mol. The van der Waals surface area contributed by atoms with E-state index in [0.717, 1.165) is 16.2 Å². The Morgan fingerprint density at radius 1 is 1.06 bits per heavy atom. The lowest BCUT2D eigenvalue weighted by Crippen LogP contribution is -2.50. The largest absolute Gasteiger partial charge is 0.573 e. The Morgan fingerprint density at radius 3 is 2.19 bits per heavy atom. The zero-order valence-corrected chi connectivity index (χ0v) is 18.0. The molecule has 0 N–H and O–H groups in total. The van der Waals surface area contributed by atoms with E-state index in [1.807, 2.05) is 26.0 Å². The van der Waals surface area contributed by atoms with Gasteiger partial charge in [-0.1, -0.05) is 17.7 Å². The van der Waals surface area contributed by atoms with Crippen LogP contribution in [0.3, 0.4) is 0 Å². The van der Waals surface area contributed by atoms with Crippen LogP contribution in [0.2, 0.25) is 0 Å². The zero-order chi connectivity index (χ0) is 23.3. The number of anilines is 2. The molecule has 1 atom stereocenters. The highest BCUT2D eigenvalue weighted by Gasteiger charge is 2.31. The van der Waals surface area contributed by atoms with Crippen molar-refractivity contribution in [1.29, 1.82) is 0 Å². The Kier molecular flexibility index (Phi) is 7.40. The van der Waals surface area contributed by atoms with Crippen LogP contribution < -0.4 is 14.5 Å². The molecule has 1 heterocycles. The lowest BCUT2D eigenvalue weighted by Gasteiger charge is -2.39. The van der Waals surface area contributed by atoms with E-state index in [1.54, 1.807) is 24.3 Å². The van der Waals surface area contributed by atoms with Gasteiger partial charge in [-0.15, -0.1) is 13.2 Å². The molecule has 0 aliphatic carbocycles. The van der Waals surface area contributed by atoms with Crippen LogP contribution in [0.1, 0.15) is 18.9 Å². The van der Waals surface area contributed by atoms with Crippen LogP contribution in [-0.2, 0) is 9.59 Å². The molecule has 9 heteroatoms. The number of carbonyl (C=O) groups excluding carboxylic acids is 2. The standard InChI is InChI=1S/C23H26F3N3O3/c1-17-3-5-20(6-4-17)29(16-30)22(31)15-18(2)27-11-13-28(14-12-27)19-7-9-21(10-8-19)32-23(24,25)26/h3-10,16,18H,11-15H2,1-2H3. The minimum Gasteiger partial charge on any atom is -0.406 e. The Balaban J connectivity index is 1.52. The van der Waals surface area contributed by atoms with Gasteiger partial charge in [-0.25, -0.2) is 0 Å². The quantitative estimate of drug-likeness (QED) is 0.599. The molecular formula is C23H26F3N3O3. The number of hydrogen-bond acceptors (Lipinski definition) is 5. The third kappa shape index (κ3) is 6.23. The van der Waals surface area contributed by atoms with Crippen LogP contribution in [0.4, 0.5) is 24.5 Å². The molecule has 2 amide bonds. The summed E-state index contributed by atoms with van der Waals surface area (Å²) >= 11 is 0. The number of amides is 2. The number of ether oxygens (including phenoxy) is 1. The van der Waals surface area contributed by atoms with Gasteiger partial charge in [-0.2, -0.15) is 0 Å². The van der Waals surface area contributed by atoms with Gasteiger partial charge >= 0.3 is 6.36 Å². The second kappa shape index (κ2) is 10.0. The van der Waals surface area contributed by atoms with Gasteiger partial charge in [0.05, 0.1) is 5.69 Å². The number of hydrogen-bond donors (Lipinski definition) is 0. The van der Waals surface area contributed by atoms with E-state index >= 15 is 0 Å². The van der Waals surface area contributed by atoms with Crippen molar-refractivity contribution in [1.82, 2.24) is 4.90 Å². The molecule has 1 aliphatic rings. The molecule has 6 nitrogen and oxygen atoms in total. The fourth-order valence-electron chi connectivity index (χ4n) is 3.73. The van der Waals surface area contributed by atoms with Gasteiger partial charge in [0.25, 0.3) is 0 Å². The van der Waals surface area contributed by atoms with Crippen LogP contribution in [0, 0.1) is 6.92 Å². The molecule has 0 saturated carbocycles. The van der Waals surface area contributed by atoms with Gasteiger partial charge < -0.3 is 9.64 Å². The van der Waals surface area contributed by atoms with Gasteiger partial charge in [0, 0.05) is 44.3 Å². The Labute approximate surface area is 185 Å². The molecule has 1 aliphatic heterocycles. The normalized spacial score (nSPS) is 15.8. The number of benzene rings is 2. The van der Waals surface area contributed by atoms with Crippen LogP contribution in [0.25, 0.3) is 0 Å². The summed E-state index contributed by atoms with van der Waals surface area (Å²) in [4.78, 5) is 29.6. The maximum atomic E-state index is 12.7. The molecule has 1 saturated heterocycles.